The van der Waals surface area contributed by atoms with Gasteiger partial charge in [-0.15, -0.1) is 0 Å². The minimum Gasteiger partial charge on any atom is -0.490 e. The Bertz CT molecular complexity index is 3480. The number of anilines is 3. The molecule has 2 saturated heterocycles. The number of aryl methyl sites for hydroxylation is 1. The number of esters is 1. The molecule has 0 bridgehead atoms. The van der Waals surface area contributed by atoms with Crippen molar-refractivity contribution in [2.24, 2.45) is 13.0 Å². The molecule has 15 nitrogen and oxygen atoms in total. The number of fused-ring (bicyclic) bond motifs is 3. The highest BCUT2D eigenvalue weighted by Gasteiger charge is 2.46. The summed E-state index contributed by atoms with van der Waals surface area (Å²) >= 11 is 1.43. The Morgan fingerprint density at radius 1 is 0.850 bits per heavy atom. The molecule has 11 rings (SSSR count). The molecule has 0 radical (unpaired) electrons. The molecule has 19 heteroatoms. The van der Waals surface area contributed by atoms with E-state index < -0.39 is 29.7 Å². The molecule has 3 amide bonds. The summed E-state index contributed by atoms with van der Waals surface area (Å²) in [6.45, 7) is 9.39. The molecule has 1 saturated carbocycles. The van der Waals surface area contributed by atoms with Crippen LogP contribution >= 0.6 is 11.3 Å². The number of carbonyl (C=O) groups is 4. The van der Waals surface area contributed by atoms with E-state index >= 15 is 0 Å². The van der Waals surface area contributed by atoms with Crippen LogP contribution in [0.3, 0.4) is 0 Å². The number of hydrogen-bond acceptors (Lipinski definition) is 13. The van der Waals surface area contributed by atoms with Crippen LogP contribution in [0, 0.1) is 12.8 Å². The number of imide groups is 1. The van der Waals surface area contributed by atoms with Crippen LogP contribution in [0.15, 0.2) is 91.0 Å². The second-order valence-corrected chi connectivity index (χ2v) is 23.7. The van der Waals surface area contributed by atoms with Gasteiger partial charge >= 0.3 is 12.1 Å². The number of nitrogens with zero attached hydrogens (tertiary/aromatic N) is 7. The molecule has 418 valence electrons. The van der Waals surface area contributed by atoms with Crippen LogP contribution in [0.1, 0.15) is 121 Å². The van der Waals surface area contributed by atoms with Gasteiger partial charge in [0.2, 0.25) is 11.8 Å². The molecule has 4 aromatic carbocycles. The maximum absolute atomic E-state index is 14.8. The number of amides is 3. The second-order valence-electron chi connectivity index (χ2n) is 22.7. The van der Waals surface area contributed by atoms with Crippen LogP contribution in [0.5, 0.6) is 5.75 Å². The number of ether oxygens (including phenoxy) is 2. The number of hydrogen-bond donors (Lipinski definition) is 2. The van der Waals surface area contributed by atoms with Gasteiger partial charge in [0.05, 0.1) is 33.4 Å². The smallest absolute Gasteiger partial charge is 0.405 e. The Morgan fingerprint density at radius 2 is 1.65 bits per heavy atom. The van der Waals surface area contributed by atoms with Gasteiger partial charge in [0, 0.05) is 68.4 Å². The third-order valence-corrected chi connectivity index (χ3v) is 17.2. The third kappa shape index (κ3) is 11.6. The maximum Gasteiger partial charge on any atom is 0.405 e. The molecule has 2 atom stereocenters. The zero-order valence-electron chi connectivity index (χ0n) is 45.7. The summed E-state index contributed by atoms with van der Waals surface area (Å²) in [7, 11) is 1.75. The monoisotopic (exact) mass is 1110 g/mol. The first-order chi connectivity index (χ1) is 38.3. The van der Waals surface area contributed by atoms with E-state index in [9.17, 15) is 32.3 Å². The summed E-state index contributed by atoms with van der Waals surface area (Å²) in [5, 5.41) is 11.3. The van der Waals surface area contributed by atoms with Gasteiger partial charge in [-0.1, -0.05) is 47.7 Å². The fraction of sp³-hybridized carbons (Fsp3) is 0.426. The molecule has 3 aromatic heterocycles. The standard InChI is InChI=1S/C61H66F3N9O6S/c1-36-41(42-24-26-52(66-55(42)58(77)79-60(2,3)4)73-30-28-38-12-8-14-43(46(38)34-73)56(75)68-59-65-47-15-6-7-17-50(47)80-59)13-9-16-49(36)78-40-21-18-37(19-22-40)11-10-29-71-31-32-72(35-51(71)61(62,63)64)39-20-23-44-48(33-39)70(5)69-54(44)45-25-27-53(74)67-57(45)76/h6-9,12-17,20,23-24,26,33,37,40,45,51H,10-11,18-19,21-22,25,27-32,34-35H2,1-5H3,(H,65,68,75)(H,67,74,76)/t37?,40?,45?,51-/m0/s1. The predicted octanol–water partition coefficient (Wildman–Crippen LogP) is 11.3. The van der Waals surface area contributed by atoms with Crippen LogP contribution in [0.2, 0.25) is 0 Å². The van der Waals surface area contributed by atoms with Gasteiger partial charge in [-0.05, 0) is 168 Å². The van der Waals surface area contributed by atoms with Crippen molar-refractivity contribution in [1.82, 2.24) is 30.0 Å². The molecule has 3 aliphatic heterocycles. The van der Waals surface area contributed by atoms with Crippen LogP contribution in [0.4, 0.5) is 29.8 Å². The second kappa shape index (κ2) is 22.3. The molecule has 6 heterocycles. The highest BCUT2D eigenvalue weighted by molar-refractivity contribution is 7.22. The molecule has 4 aliphatic rings. The lowest BCUT2D eigenvalue weighted by molar-refractivity contribution is -0.184. The number of halogens is 3. The zero-order chi connectivity index (χ0) is 56.0. The molecule has 7 aromatic rings. The van der Waals surface area contributed by atoms with Gasteiger partial charge < -0.3 is 19.3 Å². The van der Waals surface area contributed by atoms with E-state index in [0.717, 1.165) is 70.0 Å². The minimum absolute atomic E-state index is 0.0431. The van der Waals surface area contributed by atoms with Crippen LogP contribution in [0.25, 0.3) is 32.2 Å². The Morgan fingerprint density at radius 3 is 2.42 bits per heavy atom. The summed E-state index contributed by atoms with van der Waals surface area (Å²) in [6, 6.07) is 27.1. The normalized spacial score (nSPS) is 20.2. The molecular formula is C61H66F3N9O6S. The molecule has 80 heavy (non-hydrogen) atoms. The van der Waals surface area contributed by atoms with E-state index in [1.807, 2.05) is 113 Å². The number of piperidine rings is 1. The summed E-state index contributed by atoms with van der Waals surface area (Å²) in [6.07, 6.45) is 1.75. The topological polar surface area (TPSA) is 164 Å². The van der Waals surface area contributed by atoms with Gasteiger partial charge in [0.25, 0.3) is 5.91 Å². The van der Waals surface area contributed by atoms with Gasteiger partial charge in [-0.3, -0.25) is 34.6 Å². The van der Waals surface area contributed by atoms with Gasteiger partial charge in [0.15, 0.2) is 10.8 Å². The first-order valence-corrected chi connectivity index (χ1v) is 28.5. The van der Waals surface area contributed by atoms with Crippen molar-refractivity contribution in [2.75, 3.05) is 47.8 Å². The molecule has 3 fully saturated rings. The SMILES string of the molecule is Cc1c(OC2CCC(CCCN3CCN(c4ccc5c(C6CCC(=O)NC6=O)nn(C)c5c4)C[C@H]3C(F)(F)F)CC2)cccc1-c1ccc(N2CCc3cccc(C(=O)Nc4nc5ccccc5s4)c3C2)nc1C(=O)OC(C)(C)C. The van der Waals surface area contributed by atoms with Crippen molar-refractivity contribution in [3.63, 3.8) is 0 Å². The number of para-hydroxylation sites is 1. The molecule has 0 spiro atoms. The van der Waals surface area contributed by atoms with Gasteiger partial charge in [0.1, 0.15) is 23.2 Å². The zero-order valence-corrected chi connectivity index (χ0v) is 46.5. The molecule has 2 N–H and O–H groups in total. The number of piperazine rings is 1. The summed E-state index contributed by atoms with van der Waals surface area (Å²) in [4.78, 5) is 67.5. The number of carbonyl (C=O) groups excluding carboxylic acids is 4. The summed E-state index contributed by atoms with van der Waals surface area (Å²) in [5.41, 5.74) is 6.98. The average molecular weight is 1110 g/mol. The van der Waals surface area contributed by atoms with Crippen molar-refractivity contribution in [2.45, 2.75) is 122 Å². The van der Waals surface area contributed by atoms with E-state index in [2.05, 4.69) is 31.7 Å². The van der Waals surface area contributed by atoms with Crippen LogP contribution < -0.4 is 25.2 Å². The third-order valence-electron chi connectivity index (χ3n) is 16.2. The van der Waals surface area contributed by atoms with E-state index in [0.29, 0.717) is 96.1 Å². The van der Waals surface area contributed by atoms with Crippen LogP contribution in [-0.4, -0.2) is 105 Å². The lowest BCUT2D eigenvalue weighted by atomic mass is 9.84. The fourth-order valence-corrected chi connectivity index (χ4v) is 12.9. The Balaban J connectivity index is 0.714. The predicted molar refractivity (Wildman–Crippen MR) is 303 cm³/mol. The van der Waals surface area contributed by atoms with Crippen molar-refractivity contribution in [3.05, 3.63) is 125 Å². The summed E-state index contributed by atoms with van der Waals surface area (Å²) in [5.74, 6) is -0.367. The summed E-state index contributed by atoms with van der Waals surface area (Å²) < 4.78 is 59.7. The lowest BCUT2D eigenvalue weighted by Crippen LogP contribution is -2.59. The number of aromatic nitrogens is 4. The van der Waals surface area contributed by atoms with Crippen LogP contribution in [-0.2, 0) is 34.3 Å². The van der Waals surface area contributed by atoms with E-state index in [4.69, 9.17) is 14.5 Å². The Labute approximate surface area is 466 Å². The largest absolute Gasteiger partial charge is 0.490 e. The number of benzene rings is 4. The maximum atomic E-state index is 14.8. The van der Waals surface area contributed by atoms with E-state index in [1.165, 1.54) is 11.3 Å². The number of thiazole rings is 1. The van der Waals surface area contributed by atoms with Crippen molar-refractivity contribution >= 4 is 72.8 Å². The Hall–Kier alpha value is -7.38. The average Bonchev–Trinajstić information content (AvgIpc) is 4.01. The van der Waals surface area contributed by atoms with Crippen molar-refractivity contribution < 1.29 is 41.8 Å². The van der Waals surface area contributed by atoms with Gasteiger partial charge in [-0.2, -0.15) is 18.3 Å². The number of pyridine rings is 1. The fourth-order valence-electron chi connectivity index (χ4n) is 12.1. The molecular weight excluding hydrogens is 1040 g/mol. The first kappa shape index (κ1) is 54.6. The number of rotatable bonds is 13. The molecule has 1 aliphatic carbocycles. The Kier molecular flexibility index (Phi) is 15.2. The quantitative estimate of drug-likeness (QED) is 0.0831. The van der Waals surface area contributed by atoms with E-state index in [1.54, 1.807) is 21.5 Å². The molecule has 1 unspecified atom stereocenters. The lowest BCUT2D eigenvalue weighted by Gasteiger charge is -2.43. The van der Waals surface area contributed by atoms with Gasteiger partial charge in [-0.25, -0.2) is 14.8 Å². The highest BCUT2D eigenvalue weighted by Crippen LogP contribution is 2.40. The minimum atomic E-state index is -4.41. The number of alkyl halides is 3. The number of nitrogens with one attached hydrogen (secondary N) is 2. The highest BCUT2D eigenvalue weighted by atomic mass is 32.1. The van der Waals surface area contributed by atoms with Crippen molar-refractivity contribution in [3.8, 4) is 16.9 Å². The van der Waals surface area contributed by atoms with E-state index in [-0.39, 0.29) is 49.0 Å². The first-order valence-electron chi connectivity index (χ1n) is 27.7. The van der Waals surface area contributed by atoms with Crippen molar-refractivity contribution in [1.29, 1.82) is 0 Å².